The number of hydrogen-bond donors (Lipinski definition) is 4. The average molecular weight is 266 g/mol. The van der Waals surface area contributed by atoms with E-state index in [1.54, 1.807) is 0 Å². The third kappa shape index (κ3) is 6.53. The van der Waals surface area contributed by atoms with E-state index in [9.17, 15) is 14.4 Å². The van der Waals surface area contributed by atoms with E-state index in [2.05, 4.69) is 5.32 Å². The molecule has 7 nitrogen and oxygen atoms in total. The van der Waals surface area contributed by atoms with Crippen molar-refractivity contribution in [2.24, 2.45) is 17.2 Å². The first kappa shape index (κ1) is 15.1. The summed E-state index contributed by atoms with van der Waals surface area (Å²) in [5, 5.41) is 1.51. The van der Waals surface area contributed by atoms with Crippen molar-refractivity contribution < 1.29 is 14.4 Å². The average Bonchev–Trinajstić information content (AvgIpc) is 2.14. The van der Waals surface area contributed by atoms with Crippen molar-refractivity contribution in [1.82, 2.24) is 5.32 Å². The van der Waals surface area contributed by atoms with Gasteiger partial charge in [0.2, 0.25) is 11.8 Å². The molecule has 0 aliphatic carbocycles. The van der Waals surface area contributed by atoms with E-state index in [1.165, 1.54) is 6.92 Å². The second-order valence-corrected chi connectivity index (χ2v) is 5.39. The van der Waals surface area contributed by atoms with E-state index in [4.69, 9.17) is 17.2 Å². The fourth-order valence-corrected chi connectivity index (χ4v) is 2.94. The van der Waals surface area contributed by atoms with E-state index in [0.29, 0.717) is 0 Å². The predicted molar refractivity (Wildman–Crippen MR) is 64.0 cm³/mol. The minimum Gasteiger partial charge on any atom is -0.368 e. The lowest BCUT2D eigenvalue weighted by molar-refractivity contribution is -0.124. The summed E-state index contributed by atoms with van der Waals surface area (Å²) in [6.07, 6.45) is 0. The van der Waals surface area contributed by atoms with Gasteiger partial charge in [-0.05, 0) is 0 Å². The molecule has 0 unspecified atom stereocenters. The van der Waals surface area contributed by atoms with Crippen LogP contribution >= 0.6 is 21.6 Å². The van der Waals surface area contributed by atoms with Gasteiger partial charge in [-0.3, -0.25) is 14.4 Å². The van der Waals surface area contributed by atoms with Crippen LogP contribution in [0.2, 0.25) is 0 Å². The number of nitrogens with one attached hydrogen (secondary N) is 1. The summed E-state index contributed by atoms with van der Waals surface area (Å²) in [4.78, 5) is 32.2. The monoisotopic (exact) mass is 266 g/mol. The second-order valence-electron chi connectivity index (χ2n) is 2.87. The van der Waals surface area contributed by atoms with Crippen molar-refractivity contribution in [1.29, 1.82) is 0 Å². The molecule has 0 aromatic carbocycles. The molecule has 0 bridgehead atoms. The lowest BCUT2D eigenvalue weighted by Crippen LogP contribution is -2.41. The fourth-order valence-electron chi connectivity index (χ4n) is 0.590. The molecule has 16 heavy (non-hydrogen) atoms. The van der Waals surface area contributed by atoms with Gasteiger partial charge in [-0.2, -0.15) is 0 Å². The Morgan fingerprint density at radius 1 is 1.25 bits per heavy atom. The molecule has 0 radical (unpaired) electrons. The summed E-state index contributed by atoms with van der Waals surface area (Å²) in [5.74, 6) is -1.41. The quantitative estimate of drug-likeness (QED) is 0.314. The summed E-state index contributed by atoms with van der Waals surface area (Å²) in [5.41, 5.74) is 15.4. The molecule has 0 aliphatic heterocycles. The number of amides is 3. The van der Waals surface area contributed by atoms with Crippen LogP contribution in [0.4, 0.5) is 0 Å². The van der Waals surface area contributed by atoms with E-state index >= 15 is 0 Å². The molecule has 0 saturated carbocycles. The van der Waals surface area contributed by atoms with Crippen molar-refractivity contribution in [2.75, 3.05) is 5.75 Å². The molecule has 0 aromatic rings. The maximum absolute atomic E-state index is 10.9. The summed E-state index contributed by atoms with van der Waals surface area (Å²) in [7, 11) is 2.17. The number of rotatable bonds is 7. The van der Waals surface area contributed by atoms with Crippen molar-refractivity contribution in [3.63, 3.8) is 0 Å². The van der Waals surface area contributed by atoms with Crippen LogP contribution in [0, 0.1) is 0 Å². The molecule has 0 fully saturated rings. The Morgan fingerprint density at radius 3 is 2.19 bits per heavy atom. The fraction of sp³-hybridized carbons (Fsp3) is 0.571. The zero-order chi connectivity index (χ0) is 12.7. The normalized spacial score (nSPS) is 13.9. The Kier molecular flexibility index (Phi) is 6.93. The van der Waals surface area contributed by atoms with Gasteiger partial charge in [0, 0.05) is 12.7 Å². The second kappa shape index (κ2) is 7.36. The molecular weight excluding hydrogens is 252 g/mol. The van der Waals surface area contributed by atoms with Crippen LogP contribution in [0.3, 0.4) is 0 Å². The molecule has 9 heteroatoms. The summed E-state index contributed by atoms with van der Waals surface area (Å²) in [6, 6.07) is -0.789. The topological polar surface area (TPSA) is 141 Å². The molecule has 0 spiro atoms. The number of carbonyl (C=O) groups is 3. The molecule has 0 saturated heterocycles. The minimum atomic E-state index is -0.845. The standard InChI is InChI=1S/C7H14N4O3S2/c1-3(12)11-7(6(10)14)16-15-2-4(8)5(9)13/h4,7H,2,8H2,1H3,(H2,9,13)(H2,10,14)(H,11,12)/t4-,7-/m0/s1. The van der Waals surface area contributed by atoms with E-state index in [0.717, 1.165) is 21.6 Å². The van der Waals surface area contributed by atoms with Crippen LogP contribution in [-0.4, -0.2) is 34.9 Å². The summed E-state index contributed by atoms with van der Waals surface area (Å²) < 4.78 is 0. The van der Waals surface area contributed by atoms with E-state index in [1.807, 2.05) is 0 Å². The minimum absolute atomic E-state index is 0.239. The van der Waals surface area contributed by atoms with Gasteiger partial charge in [-0.1, -0.05) is 21.6 Å². The summed E-state index contributed by atoms with van der Waals surface area (Å²) in [6.45, 7) is 1.27. The number of primary amides is 2. The SMILES string of the molecule is CC(=O)N[C@@H](SSC[C@H](N)C(N)=O)C(N)=O. The molecule has 2 atom stereocenters. The third-order valence-electron chi connectivity index (χ3n) is 1.37. The largest absolute Gasteiger partial charge is 0.368 e. The van der Waals surface area contributed by atoms with Gasteiger partial charge < -0.3 is 22.5 Å². The van der Waals surface area contributed by atoms with Crippen molar-refractivity contribution in [3.05, 3.63) is 0 Å². The van der Waals surface area contributed by atoms with Gasteiger partial charge in [0.05, 0.1) is 6.04 Å². The van der Waals surface area contributed by atoms with Crippen LogP contribution in [0.5, 0.6) is 0 Å². The van der Waals surface area contributed by atoms with Crippen molar-refractivity contribution in [3.8, 4) is 0 Å². The van der Waals surface area contributed by atoms with Crippen LogP contribution in [0.15, 0.2) is 0 Å². The van der Waals surface area contributed by atoms with Crippen LogP contribution in [0.25, 0.3) is 0 Å². The smallest absolute Gasteiger partial charge is 0.251 e. The molecule has 92 valence electrons. The lowest BCUT2D eigenvalue weighted by atomic mass is 10.4. The van der Waals surface area contributed by atoms with E-state index in [-0.39, 0.29) is 11.7 Å². The Hall–Kier alpha value is -0.930. The number of carbonyl (C=O) groups excluding carboxylic acids is 3. The number of hydrogen-bond acceptors (Lipinski definition) is 6. The highest BCUT2D eigenvalue weighted by atomic mass is 33.1. The van der Waals surface area contributed by atoms with Crippen molar-refractivity contribution in [2.45, 2.75) is 18.3 Å². The molecule has 0 aliphatic rings. The first-order chi connectivity index (χ1) is 7.34. The van der Waals surface area contributed by atoms with Gasteiger partial charge in [-0.25, -0.2) is 0 Å². The van der Waals surface area contributed by atoms with Gasteiger partial charge >= 0.3 is 0 Å². The molecule has 7 N–H and O–H groups in total. The Balaban J connectivity index is 3.99. The first-order valence-corrected chi connectivity index (χ1v) is 6.62. The zero-order valence-electron chi connectivity index (χ0n) is 8.64. The Labute approximate surface area is 101 Å². The van der Waals surface area contributed by atoms with Crippen LogP contribution < -0.4 is 22.5 Å². The zero-order valence-corrected chi connectivity index (χ0v) is 10.3. The lowest BCUT2D eigenvalue weighted by Gasteiger charge is -2.13. The predicted octanol–water partition coefficient (Wildman–Crippen LogP) is -1.87. The maximum Gasteiger partial charge on any atom is 0.251 e. The highest BCUT2D eigenvalue weighted by Crippen LogP contribution is 2.25. The van der Waals surface area contributed by atoms with Crippen LogP contribution in [0.1, 0.15) is 6.92 Å². The Morgan fingerprint density at radius 2 is 1.81 bits per heavy atom. The van der Waals surface area contributed by atoms with Crippen LogP contribution in [-0.2, 0) is 14.4 Å². The van der Waals surface area contributed by atoms with Gasteiger partial charge in [0.1, 0.15) is 0 Å². The maximum atomic E-state index is 10.9. The summed E-state index contributed by atoms with van der Waals surface area (Å²) >= 11 is 0. The molecule has 0 rings (SSSR count). The van der Waals surface area contributed by atoms with Gasteiger partial charge in [-0.15, -0.1) is 0 Å². The van der Waals surface area contributed by atoms with Gasteiger partial charge in [0.15, 0.2) is 5.37 Å². The highest BCUT2D eigenvalue weighted by Gasteiger charge is 2.18. The van der Waals surface area contributed by atoms with E-state index < -0.39 is 23.2 Å². The third-order valence-corrected chi connectivity index (χ3v) is 3.94. The van der Waals surface area contributed by atoms with Gasteiger partial charge in [0.25, 0.3) is 5.91 Å². The highest BCUT2D eigenvalue weighted by molar-refractivity contribution is 8.77. The first-order valence-electron chi connectivity index (χ1n) is 4.24. The number of nitrogens with two attached hydrogens (primary N) is 3. The molecule has 0 aromatic heterocycles. The Bertz CT molecular complexity index is 287. The molecule has 3 amide bonds. The molecular formula is C7H14N4O3S2. The molecule has 0 heterocycles. The van der Waals surface area contributed by atoms with Crippen molar-refractivity contribution >= 4 is 39.3 Å².